The number of esters is 1. The van der Waals surface area contributed by atoms with E-state index in [1.165, 1.54) is 16.0 Å². The van der Waals surface area contributed by atoms with E-state index in [0.717, 1.165) is 55.1 Å². The first-order valence-electron chi connectivity index (χ1n) is 22.8. The van der Waals surface area contributed by atoms with Crippen LogP contribution in [0.5, 0.6) is 0 Å². The highest BCUT2D eigenvalue weighted by atomic mass is 16.5. The zero-order chi connectivity index (χ0) is 46.7. The van der Waals surface area contributed by atoms with Gasteiger partial charge in [0.1, 0.15) is 18.1 Å². The molecule has 0 radical (unpaired) electrons. The highest BCUT2D eigenvalue weighted by Crippen LogP contribution is 2.42. The van der Waals surface area contributed by atoms with E-state index < -0.39 is 59.1 Å². The summed E-state index contributed by atoms with van der Waals surface area (Å²) in [6.07, 6.45) is 4.81. The molecular formula is C50H64N8O7. The smallest absolute Gasteiger partial charge is 0.324 e. The van der Waals surface area contributed by atoms with Crippen LogP contribution in [0.3, 0.4) is 0 Å². The Hall–Kier alpha value is -5.90. The van der Waals surface area contributed by atoms with E-state index in [9.17, 15) is 24.0 Å². The van der Waals surface area contributed by atoms with Gasteiger partial charge in [-0.2, -0.15) is 0 Å². The third kappa shape index (κ3) is 9.87. The third-order valence-electron chi connectivity index (χ3n) is 13.1. The molecule has 15 heteroatoms. The van der Waals surface area contributed by atoms with Crippen LogP contribution in [0.15, 0.2) is 73.4 Å². The van der Waals surface area contributed by atoms with E-state index in [0.29, 0.717) is 45.3 Å². The zero-order valence-electron chi connectivity index (χ0n) is 38.8. The Balaban J connectivity index is 1.29. The monoisotopic (exact) mass is 888 g/mol. The van der Waals surface area contributed by atoms with Crippen LogP contribution in [0.1, 0.15) is 83.7 Å². The number of carbonyl (C=O) groups is 5. The number of benzene rings is 2. The van der Waals surface area contributed by atoms with Gasteiger partial charge in [-0.05, 0) is 98.0 Å². The van der Waals surface area contributed by atoms with Crippen molar-refractivity contribution in [1.82, 2.24) is 35.2 Å². The number of hydrazine groups is 2. The number of nitrogens with two attached hydrogens (primary N) is 1. The topological polar surface area (TPSA) is 181 Å². The lowest BCUT2D eigenvalue weighted by Crippen LogP contribution is -2.63. The van der Waals surface area contributed by atoms with Crippen molar-refractivity contribution < 1.29 is 33.4 Å². The summed E-state index contributed by atoms with van der Waals surface area (Å²) in [5.41, 5.74) is 10.3. The predicted octanol–water partition coefficient (Wildman–Crippen LogP) is 5.51. The van der Waals surface area contributed by atoms with Crippen LogP contribution in [-0.2, 0) is 52.8 Å². The number of likely N-dealkylation sites (tertiary alicyclic amines) is 1. The molecule has 2 aromatic carbocycles. The van der Waals surface area contributed by atoms with Crippen LogP contribution < -0.4 is 16.6 Å². The molecule has 4 amide bonds. The first-order chi connectivity index (χ1) is 31.0. The van der Waals surface area contributed by atoms with Crippen molar-refractivity contribution >= 4 is 40.5 Å². The van der Waals surface area contributed by atoms with Gasteiger partial charge >= 0.3 is 5.97 Å². The molecule has 5 atom stereocenters. The summed E-state index contributed by atoms with van der Waals surface area (Å²) in [6.45, 7) is 17.1. The molecule has 15 nitrogen and oxygen atoms in total. The predicted molar refractivity (Wildman–Crippen MR) is 248 cm³/mol. The summed E-state index contributed by atoms with van der Waals surface area (Å²) in [5.74, 6) is 3.24. The molecule has 6 bridgehead atoms. The van der Waals surface area contributed by atoms with Crippen LogP contribution >= 0.6 is 0 Å². The van der Waals surface area contributed by atoms with Gasteiger partial charge in [-0.3, -0.25) is 39.0 Å². The fourth-order valence-electron chi connectivity index (χ4n) is 9.63. The molecule has 7 rings (SSSR count). The first kappa shape index (κ1) is 47.1. The summed E-state index contributed by atoms with van der Waals surface area (Å²) >= 11 is 0. The molecule has 0 saturated carbocycles. The molecule has 4 aromatic rings. The molecule has 2 saturated heterocycles. The number of carbonyl (C=O) groups excluding carboxylic acids is 5. The van der Waals surface area contributed by atoms with Gasteiger partial charge in [0.25, 0.3) is 5.91 Å². The Labute approximate surface area is 381 Å². The molecule has 3 aliphatic heterocycles. The summed E-state index contributed by atoms with van der Waals surface area (Å²) in [6, 6.07) is 15.4. The molecule has 2 aromatic heterocycles. The van der Waals surface area contributed by atoms with Crippen molar-refractivity contribution in [1.29, 1.82) is 0 Å². The number of methoxy groups -OCH3 is 1. The van der Waals surface area contributed by atoms with Crippen LogP contribution in [0.4, 0.5) is 0 Å². The lowest BCUT2D eigenvalue weighted by Gasteiger charge is -2.37. The fraction of sp³-hybridized carbons (Fsp3) is 0.480. The van der Waals surface area contributed by atoms with E-state index in [4.69, 9.17) is 20.3 Å². The average molecular weight is 889 g/mol. The number of hydrogen-bond acceptors (Lipinski definition) is 10. The second kappa shape index (κ2) is 19.7. The summed E-state index contributed by atoms with van der Waals surface area (Å²) < 4.78 is 14.2. The van der Waals surface area contributed by atoms with Crippen molar-refractivity contribution in [2.45, 2.75) is 104 Å². The lowest BCUT2D eigenvalue weighted by molar-refractivity contribution is -0.155. The standard InChI is InChI=1S/C50H64N8O7/c1-9-42(59)55-23-20-35(28-55)47(61)58(51)44(30(3)4)46(60)53-40-25-32-14-11-15-33(24-32)34-18-19-41-37(26-34)38(45(56(41)10-2)36-16-12-21-52-43(36)31(5)64-8)27-50(6,7)29-65-49(63)39-17-13-22-57(54-39)48(40)62/h9,11-12,14-16,18-19,21,24,26,30-31,35,39-40,44,54H,1,10,13,17,20,22-23,25,27-29,51H2,2-8H3,(H,53,60)/t31?,35?,39-,40?,44?/m0/s1. The Morgan fingerprint density at radius 2 is 1.85 bits per heavy atom. The Bertz CT molecular complexity index is 2460. The van der Waals surface area contributed by atoms with E-state index in [1.807, 2.05) is 37.3 Å². The van der Waals surface area contributed by atoms with E-state index in [1.54, 1.807) is 27.2 Å². The number of fused-ring (bicyclic) bond motifs is 6. The van der Waals surface area contributed by atoms with Crippen molar-refractivity contribution in [3.05, 3.63) is 90.3 Å². The maximum absolute atomic E-state index is 14.7. The number of amides is 4. The van der Waals surface area contributed by atoms with E-state index in [-0.39, 0.29) is 31.6 Å². The Morgan fingerprint density at radius 3 is 2.57 bits per heavy atom. The van der Waals surface area contributed by atoms with Crippen LogP contribution in [0, 0.1) is 17.3 Å². The van der Waals surface area contributed by atoms with Crippen LogP contribution in [-0.4, -0.2) is 106 Å². The van der Waals surface area contributed by atoms with E-state index >= 15 is 0 Å². The molecule has 5 heterocycles. The van der Waals surface area contributed by atoms with Crippen molar-refractivity contribution in [3.63, 3.8) is 0 Å². The number of nitrogens with one attached hydrogen (secondary N) is 2. The minimum atomic E-state index is -1.12. The number of rotatable bonds is 10. The van der Waals surface area contributed by atoms with Crippen molar-refractivity contribution in [2.75, 3.05) is 33.4 Å². The first-order valence-corrected chi connectivity index (χ1v) is 22.8. The molecule has 4 N–H and O–H groups in total. The number of aryl methyl sites for hydroxylation is 1. The second-order valence-electron chi connectivity index (χ2n) is 18.8. The Morgan fingerprint density at radius 1 is 1.08 bits per heavy atom. The van der Waals surface area contributed by atoms with Crippen molar-refractivity contribution in [2.24, 2.45) is 23.1 Å². The summed E-state index contributed by atoms with van der Waals surface area (Å²) in [5, 5.41) is 6.41. The molecule has 0 aliphatic carbocycles. The van der Waals surface area contributed by atoms with Crippen LogP contribution in [0.2, 0.25) is 0 Å². The zero-order valence-corrected chi connectivity index (χ0v) is 38.8. The maximum atomic E-state index is 14.7. The van der Waals surface area contributed by atoms with Gasteiger partial charge in [-0.1, -0.05) is 64.6 Å². The highest BCUT2D eigenvalue weighted by molar-refractivity contribution is 5.96. The molecular weight excluding hydrogens is 825 g/mol. The molecule has 4 unspecified atom stereocenters. The lowest BCUT2D eigenvalue weighted by atomic mass is 9.84. The summed E-state index contributed by atoms with van der Waals surface area (Å²) in [7, 11) is 1.68. The molecule has 65 heavy (non-hydrogen) atoms. The number of nitrogens with zero attached hydrogens (tertiary/aromatic N) is 5. The number of hydrogen-bond donors (Lipinski definition) is 3. The summed E-state index contributed by atoms with van der Waals surface area (Å²) in [4.78, 5) is 75.4. The molecule has 0 spiro atoms. The molecule has 346 valence electrons. The van der Waals surface area contributed by atoms with Gasteiger partial charge in [-0.25, -0.2) is 11.3 Å². The Kier molecular flexibility index (Phi) is 14.3. The van der Waals surface area contributed by atoms with Crippen LogP contribution in [0.25, 0.3) is 33.3 Å². The van der Waals surface area contributed by atoms with Crippen molar-refractivity contribution in [3.8, 4) is 22.4 Å². The van der Waals surface area contributed by atoms with Gasteiger partial charge in [-0.15, -0.1) is 0 Å². The van der Waals surface area contributed by atoms with E-state index in [2.05, 4.69) is 66.9 Å². The normalized spacial score (nSPS) is 21.1. The van der Waals surface area contributed by atoms with Gasteiger partial charge in [0.05, 0.1) is 30.0 Å². The number of cyclic esters (lactones) is 1. The molecule has 3 aliphatic rings. The van der Waals surface area contributed by atoms with Gasteiger partial charge in [0.15, 0.2) is 0 Å². The number of aromatic nitrogens is 2. The third-order valence-corrected chi connectivity index (χ3v) is 13.1. The quantitative estimate of drug-likeness (QED) is 0.0605. The maximum Gasteiger partial charge on any atom is 0.324 e. The van der Waals surface area contributed by atoms with Gasteiger partial charge in [0.2, 0.25) is 17.7 Å². The second-order valence-corrected chi connectivity index (χ2v) is 18.8. The highest BCUT2D eigenvalue weighted by Gasteiger charge is 2.40. The SMILES string of the molecule is C=CC(=O)N1CCC(C(=O)N(N)C(C(=O)NC2Cc3cccc(c3)-c3ccc4c(c3)c(c(-c3cccnc3C(C)OC)n4CC)CC(C)(C)COC(=O)[C@@H]3CCCN(N3)C2=O)C(C)C)C1. The molecule has 2 fully saturated rings. The minimum absolute atomic E-state index is 0.107. The number of ether oxygens (including phenoxy) is 2. The minimum Gasteiger partial charge on any atom is -0.464 e. The van der Waals surface area contributed by atoms with Gasteiger partial charge in [0, 0.05) is 67.8 Å². The largest absolute Gasteiger partial charge is 0.464 e. The number of pyridine rings is 1. The fourth-order valence-corrected chi connectivity index (χ4v) is 9.63. The average Bonchev–Trinajstić information content (AvgIpc) is 3.92. The van der Waals surface area contributed by atoms with Gasteiger partial charge < -0.3 is 24.3 Å².